The Hall–Kier alpha value is -3.12. The Morgan fingerprint density at radius 1 is 1.20 bits per heavy atom. The summed E-state index contributed by atoms with van der Waals surface area (Å²) in [5, 5.41) is 14.1. The summed E-state index contributed by atoms with van der Waals surface area (Å²) in [5.74, 6) is -0.881. The first-order valence-electron chi connectivity index (χ1n) is 10.7. The molecule has 0 saturated carbocycles. The molecule has 1 atom stereocenters. The molecule has 1 aliphatic heterocycles. The Bertz CT molecular complexity index is 1440. The molecular formula is C24H27N3O6S2. The highest BCUT2D eigenvalue weighted by molar-refractivity contribution is 8.23. The molecule has 2 aromatic carbocycles. The van der Waals surface area contributed by atoms with E-state index in [-0.39, 0.29) is 33.4 Å². The van der Waals surface area contributed by atoms with Gasteiger partial charge in [-0.05, 0) is 51.0 Å². The number of Topliss-reactive ketones (excluding diaryl/α,β-unsaturated/α-hetero) is 1. The fourth-order valence-corrected chi connectivity index (χ4v) is 5.95. The molecule has 2 aliphatic rings. The van der Waals surface area contributed by atoms with Gasteiger partial charge in [-0.15, -0.1) is 4.40 Å². The average molecular weight is 518 g/mol. The molecule has 0 amide bonds. The van der Waals surface area contributed by atoms with Gasteiger partial charge < -0.3 is 10.4 Å². The summed E-state index contributed by atoms with van der Waals surface area (Å²) in [6, 6.07) is 11.2. The maximum atomic E-state index is 13.9. The molecule has 1 heterocycles. The van der Waals surface area contributed by atoms with Crippen molar-refractivity contribution in [2.45, 2.75) is 37.5 Å². The number of aliphatic hydroxyl groups is 1. The lowest BCUT2D eigenvalue weighted by atomic mass is 9.67. The van der Waals surface area contributed by atoms with Crippen molar-refractivity contribution in [1.82, 2.24) is 0 Å². The number of rotatable bonds is 5. The number of amidine groups is 1. The van der Waals surface area contributed by atoms with Crippen LogP contribution in [0.5, 0.6) is 0 Å². The summed E-state index contributed by atoms with van der Waals surface area (Å²) < 4.78 is 51.1. The minimum Gasteiger partial charge on any atom is -0.506 e. The van der Waals surface area contributed by atoms with Gasteiger partial charge in [0.25, 0.3) is 0 Å². The second kappa shape index (κ2) is 8.52. The predicted molar refractivity (Wildman–Crippen MR) is 139 cm³/mol. The van der Waals surface area contributed by atoms with Crippen LogP contribution in [0.2, 0.25) is 0 Å². The van der Waals surface area contributed by atoms with Crippen molar-refractivity contribution < 1.29 is 27.4 Å². The van der Waals surface area contributed by atoms with E-state index < -0.39 is 32.0 Å². The zero-order valence-electron chi connectivity index (χ0n) is 19.7. The number of carbonyl (C=O) groups excluding carboxylic acids is 1. The van der Waals surface area contributed by atoms with Crippen molar-refractivity contribution in [1.29, 1.82) is 0 Å². The monoisotopic (exact) mass is 517 g/mol. The van der Waals surface area contributed by atoms with Crippen molar-refractivity contribution >= 4 is 49.6 Å². The summed E-state index contributed by atoms with van der Waals surface area (Å²) in [6.07, 6.45) is 3.31. The van der Waals surface area contributed by atoms with E-state index in [1.807, 2.05) is 19.9 Å². The van der Waals surface area contributed by atoms with E-state index in [2.05, 4.69) is 14.4 Å². The Kier molecular flexibility index (Phi) is 6.08. The van der Waals surface area contributed by atoms with E-state index in [4.69, 9.17) is 0 Å². The van der Waals surface area contributed by atoms with E-state index >= 15 is 0 Å². The first-order valence-corrected chi connectivity index (χ1v) is 14.1. The van der Waals surface area contributed by atoms with Crippen molar-refractivity contribution in [3.63, 3.8) is 0 Å². The maximum Gasteiger partial charge on any atom is 0.229 e. The topological polar surface area (TPSA) is 148 Å². The highest BCUT2D eigenvalue weighted by Gasteiger charge is 2.46. The standard InChI is InChI=1S/C24H27N3O6S2/c1-14(2)11-12-24(3)17-8-6-5-7-16(17)21(28)20(22(24)29)23-25-18-10-9-15(26-34(4,30)31)13-19(18)35(32,33)27-23/h5-11,13,26,28,32-33H,12H2,1-4H3,(H,25,27). The van der Waals surface area contributed by atoms with E-state index in [0.717, 1.165) is 11.8 Å². The first-order chi connectivity index (χ1) is 16.2. The van der Waals surface area contributed by atoms with Crippen LogP contribution >= 0.6 is 10.8 Å². The van der Waals surface area contributed by atoms with Crippen LogP contribution in [0.1, 0.15) is 38.3 Å². The molecule has 0 spiro atoms. The van der Waals surface area contributed by atoms with Crippen molar-refractivity contribution in [2.24, 2.45) is 4.40 Å². The molecule has 5 N–H and O–H groups in total. The van der Waals surface area contributed by atoms with Crippen LogP contribution in [0.3, 0.4) is 0 Å². The number of sulfonamides is 1. The van der Waals surface area contributed by atoms with Gasteiger partial charge >= 0.3 is 0 Å². The van der Waals surface area contributed by atoms with Crippen LogP contribution in [-0.2, 0) is 20.2 Å². The van der Waals surface area contributed by atoms with E-state index in [0.29, 0.717) is 17.5 Å². The van der Waals surface area contributed by atoms with Gasteiger partial charge in [-0.1, -0.05) is 46.7 Å². The summed E-state index contributed by atoms with van der Waals surface area (Å²) in [4.78, 5) is 13.8. The Labute approximate surface area is 205 Å². The minimum absolute atomic E-state index is 0.0362. The van der Waals surface area contributed by atoms with Crippen LogP contribution in [0.15, 0.2) is 69.0 Å². The van der Waals surface area contributed by atoms with Crippen LogP contribution in [-0.4, -0.2) is 40.5 Å². The summed E-state index contributed by atoms with van der Waals surface area (Å²) in [5.41, 5.74) is 1.36. The number of carbonyl (C=O) groups is 1. The molecule has 2 aromatic rings. The first kappa shape index (κ1) is 25.0. The number of allylic oxidation sites excluding steroid dienone is 2. The molecule has 4 rings (SSSR count). The zero-order chi connectivity index (χ0) is 25.8. The number of nitrogens with zero attached hydrogens (tertiary/aromatic N) is 1. The van der Waals surface area contributed by atoms with E-state index in [1.54, 1.807) is 31.2 Å². The van der Waals surface area contributed by atoms with Gasteiger partial charge in [-0.2, -0.15) is 0 Å². The Morgan fingerprint density at radius 2 is 1.89 bits per heavy atom. The van der Waals surface area contributed by atoms with Gasteiger partial charge in [0.15, 0.2) is 11.6 Å². The SMILES string of the molecule is CC(C)=CCC1(C)C(=O)C(C2=NS(O)(O)c3cc(NS(C)(=O)=O)ccc3N2)=C(O)c2ccccc21. The molecule has 9 nitrogen and oxygen atoms in total. The largest absolute Gasteiger partial charge is 0.506 e. The van der Waals surface area contributed by atoms with Crippen LogP contribution in [0.4, 0.5) is 11.4 Å². The molecular weight excluding hydrogens is 490 g/mol. The predicted octanol–water partition coefficient (Wildman–Crippen LogP) is 5.07. The number of anilines is 2. The molecule has 0 radical (unpaired) electrons. The van der Waals surface area contributed by atoms with Crippen molar-refractivity contribution in [3.05, 3.63) is 70.8 Å². The van der Waals surface area contributed by atoms with Crippen LogP contribution in [0.25, 0.3) is 5.76 Å². The number of fused-ring (bicyclic) bond motifs is 2. The fraction of sp³-hybridized carbons (Fsp3) is 0.250. The lowest BCUT2D eigenvalue weighted by Gasteiger charge is -2.38. The smallest absolute Gasteiger partial charge is 0.229 e. The second-order valence-electron chi connectivity index (χ2n) is 9.08. The molecule has 0 bridgehead atoms. The summed E-state index contributed by atoms with van der Waals surface area (Å²) in [7, 11) is -7.41. The summed E-state index contributed by atoms with van der Waals surface area (Å²) in [6.45, 7) is 5.66. The molecule has 1 aliphatic carbocycles. The van der Waals surface area contributed by atoms with Gasteiger partial charge in [0.1, 0.15) is 16.2 Å². The van der Waals surface area contributed by atoms with Gasteiger partial charge in [0.05, 0.1) is 23.0 Å². The third kappa shape index (κ3) is 4.59. The van der Waals surface area contributed by atoms with Crippen LogP contribution in [0, 0.1) is 0 Å². The quantitative estimate of drug-likeness (QED) is 0.348. The lowest BCUT2D eigenvalue weighted by molar-refractivity contribution is -0.120. The Morgan fingerprint density at radius 3 is 2.54 bits per heavy atom. The third-order valence-corrected chi connectivity index (χ3v) is 7.92. The van der Waals surface area contributed by atoms with Crippen molar-refractivity contribution in [2.75, 3.05) is 16.3 Å². The van der Waals surface area contributed by atoms with Crippen molar-refractivity contribution in [3.8, 4) is 0 Å². The highest BCUT2D eigenvalue weighted by atomic mass is 32.3. The van der Waals surface area contributed by atoms with Gasteiger partial charge in [0, 0.05) is 5.56 Å². The zero-order valence-corrected chi connectivity index (χ0v) is 21.3. The number of hydrogen-bond acceptors (Lipinski definition) is 8. The average Bonchev–Trinajstić information content (AvgIpc) is 2.76. The number of aliphatic hydroxyl groups excluding tert-OH is 1. The summed E-state index contributed by atoms with van der Waals surface area (Å²) >= 11 is 0. The molecule has 0 saturated heterocycles. The van der Waals surface area contributed by atoms with Crippen LogP contribution < -0.4 is 10.0 Å². The Balaban J connectivity index is 1.85. The normalized spacial score (nSPS) is 21.8. The molecule has 186 valence electrons. The lowest BCUT2D eigenvalue weighted by Crippen LogP contribution is -2.42. The minimum atomic E-state index is -3.82. The number of benzene rings is 2. The van der Waals surface area contributed by atoms with E-state index in [9.17, 15) is 27.4 Å². The maximum absolute atomic E-state index is 13.9. The molecule has 1 unspecified atom stereocenters. The number of ketones is 1. The van der Waals surface area contributed by atoms with Gasteiger partial charge in [-0.3, -0.25) is 18.6 Å². The second-order valence-corrected chi connectivity index (χ2v) is 12.5. The van der Waals surface area contributed by atoms with E-state index in [1.165, 1.54) is 18.2 Å². The molecule has 35 heavy (non-hydrogen) atoms. The fourth-order valence-electron chi connectivity index (χ4n) is 4.21. The molecule has 11 heteroatoms. The highest BCUT2D eigenvalue weighted by Crippen LogP contribution is 2.57. The molecule has 0 fully saturated rings. The number of nitrogens with one attached hydrogen (secondary N) is 2. The van der Waals surface area contributed by atoms with Gasteiger partial charge in [-0.25, -0.2) is 8.42 Å². The third-order valence-electron chi connectivity index (χ3n) is 5.95. The molecule has 0 aromatic heterocycles. The van der Waals surface area contributed by atoms with Gasteiger partial charge in [0.2, 0.25) is 10.0 Å². The number of hydrogen-bond donors (Lipinski definition) is 5.